The predicted octanol–water partition coefficient (Wildman–Crippen LogP) is 4.01. The maximum atomic E-state index is 12.8. The van der Waals surface area contributed by atoms with E-state index in [1.165, 1.54) is 4.90 Å². The van der Waals surface area contributed by atoms with E-state index in [9.17, 15) is 19.5 Å². The Morgan fingerprint density at radius 3 is 2.13 bits per heavy atom. The van der Waals surface area contributed by atoms with Crippen molar-refractivity contribution in [3.05, 3.63) is 76.4 Å². The number of aliphatic hydroxyl groups is 1. The molecule has 1 aliphatic rings. The molecule has 0 aliphatic carbocycles. The highest BCUT2D eigenvalue weighted by Gasteiger charge is 2.46. The molecule has 0 radical (unpaired) electrons. The third-order valence-electron chi connectivity index (χ3n) is 5.35. The zero-order valence-electron chi connectivity index (χ0n) is 17.3. The van der Waals surface area contributed by atoms with Gasteiger partial charge in [-0.05, 0) is 24.0 Å². The molecule has 1 fully saturated rings. The van der Waals surface area contributed by atoms with Crippen molar-refractivity contribution >= 4 is 23.4 Å². The fraction of sp³-hybridized carbons (Fsp3) is 0.292. The van der Waals surface area contributed by atoms with Gasteiger partial charge in [-0.25, -0.2) is 0 Å². The molecule has 0 spiro atoms. The van der Waals surface area contributed by atoms with E-state index < -0.39 is 23.7 Å². The van der Waals surface area contributed by atoms with Crippen LogP contribution in [0.25, 0.3) is 5.76 Å². The number of likely N-dealkylation sites (tertiary alicyclic amines) is 1. The molecule has 1 atom stereocenters. The van der Waals surface area contributed by atoms with Gasteiger partial charge in [0.2, 0.25) is 0 Å². The number of ketones is 1. The van der Waals surface area contributed by atoms with E-state index in [4.69, 9.17) is 5.11 Å². The second-order valence-electron chi connectivity index (χ2n) is 7.82. The summed E-state index contributed by atoms with van der Waals surface area (Å²) in [5.41, 5.74) is 3.15. The van der Waals surface area contributed by atoms with Crippen molar-refractivity contribution in [2.75, 3.05) is 6.54 Å². The molecule has 3 rings (SSSR count). The van der Waals surface area contributed by atoms with Crippen LogP contribution < -0.4 is 0 Å². The third-order valence-corrected chi connectivity index (χ3v) is 5.35. The maximum absolute atomic E-state index is 12.8. The fourth-order valence-electron chi connectivity index (χ4n) is 3.60. The number of rotatable bonds is 6. The SMILES string of the molecule is Cc1ccc(/C(O)=C2/C(=O)C(=O)N(CCC(=O)O)C2c2ccc(C(C)C)cc2)cc1. The minimum Gasteiger partial charge on any atom is -0.507 e. The van der Waals surface area contributed by atoms with E-state index in [1.807, 2.05) is 43.3 Å². The molecule has 6 heteroatoms. The van der Waals surface area contributed by atoms with Crippen molar-refractivity contribution in [1.82, 2.24) is 4.90 Å². The Labute approximate surface area is 175 Å². The lowest BCUT2D eigenvalue weighted by Gasteiger charge is -2.25. The molecule has 156 valence electrons. The van der Waals surface area contributed by atoms with Gasteiger partial charge in [-0.15, -0.1) is 0 Å². The van der Waals surface area contributed by atoms with Crippen LogP contribution in [0.3, 0.4) is 0 Å². The van der Waals surface area contributed by atoms with Gasteiger partial charge in [0.05, 0.1) is 18.0 Å². The number of benzene rings is 2. The number of hydrogen-bond acceptors (Lipinski definition) is 4. The lowest BCUT2D eigenvalue weighted by Crippen LogP contribution is -2.31. The lowest BCUT2D eigenvalue weighted by molar-refractivity contribution is -0.142. The number of hydrogen-bond donors (Lipinski definition) is 2. The maximum Gasteiger partial charge on any atom is 0.305 e. The minimum atomic E-state index is -1.07. The Bertz CT molecular complexity index is 1000. The summed E-state index contributed by atoms with van der Waals surface area (Å²) in [6.45, 7) is 5.91. The van der Waals surface area contributed by atoms with Crippen LogP contribution in [0.15, 0.2) is 54.1 Å². The Kier molecular flexibility index (Phi) is 6.06. The van der Waals surface area contributed by atoms with Crippen molar-refractivity contribution in [2.24, 2.45) is 0 Å². The van der Waals surface area contributed by atoms with Gasteiger partial charge in [0.15, 0.2) is 0 Å². The number of aliphatic hydroxyl groups excluding tert-OH is 1. The minimum absolute atomic E-state index is 0.0217. The van der Waals surface area contributed by atoms with Crippen LogP contribution in [0.1, 0.15) is 54.5 Å². The number of aliphatic carboxylic acids is 1. The van der Waals surface area contributed by atoms with Crippen molar-refractivity contribution in [2.45, 2.75) is 39.2 Å². The summed E-state index contributed by atoms with van der Waals surface area (Å²) in [5, 5.41) is 20.0. The van der Waals surface area contributed by atoms with Crippen molar-refractivity contribution in [1.29, 1.82) is 0 Å². The summed E-state index contributed by atoms with van der Waals surface area (Å²) in [5.74, 6) is -2.63. The van der Waals surface area contributed by atoms with Crippen LogP contribution >= 0.6 is 0 Å². The molecule has 0 saturated carbocycles. The summed E-state index contributed by atoms with van der Waals surface area (Å²) in [7, 11) is 0. The average Bonchev–Trinajstić information content (AvgIpc) is 2.97. The summed E-state index contributed by atoms with van der Waals surface area (Å²) >= 11 is 0. The number of Topliss-reactive ketones (excluding diaryl/α,β-unsaturated/α-hetero) is 1. The molecular weight excluding hydrogens is 382 g/mol. The zero-order chi connectivity index (χ0) is 22.0. The van der Waals surface area contributed by atoms with E-state index in [2.05, 4.69) is 13.8 Å². The van der Waals surface area contributed by atoms with Gasteiger partial charge in [0, 0.05) is 12.1 Å². The lowest BCUT2D eigenvalue weighted by atomic mass is 9.93. The zero-order valence-corrected chi connectivity index (χ0v) is 17.3. The summed E-state index contributed by atoms with van der Waals surface area (Å²) in [6.07, 6.45) is -0.293. The second kappa shape index (κ2) is 8.53. The van der Waals surface area contributed by atoms with Crippen molar-refractivity contribution in [3.8, 4) is 0 Å². The Morgan fingerprint density at radius 1 is 1.00 bits per heavy atom. The van der Waals surface area contributed by atoms with Crippen LogP contribution in [0.2, 0.25) is 0 Å². The first-order chi connectivity index (χ1) is 14.2. The van der Waals surface area contributed by atoms with Crippen LogP contribution in [0.4, 0.5) is 0 Å². The van der Waals surface area contributed by atoms with Gasteiger partial charge in [-0.1, -0.05) is 67.9 Å². The molecule has 1 aliphatic heterocycles. The van der Waals surface area contributed by atoms with Gasteiger partial charge < -0.3 is 15.1 Å². The van der Waals surface area contributed by atoms with Crippen LogP contribution in [0, 0.1) is 6.92 Å². The predicted molar refractivity (Wildman–Crippen MR) is 113 cm³/mol. The van der Waals surface area contributed by atoms with Gasteiger partial charge in [0.1, 0.15) is 5.76 Å². The van der Waals surface area contributed by atoms with Crippen LogP contribution in [0.5, 0.6) is 0 Å². The quantitative estimate of drug-likeness (QED) is 0.429. The summed E-state index contributed by atoms with van der Waals surface area (Å²) in [6, 6.07) is 13.6. The van der Waals surface area contributed by atoms with E-state index in [0.29, 0.717) is 17.0 Å². The fourth-order valence-corrected chi connectivity index (χ4v) is 3.60. The van der Waals surface area contributed by atoms with Gasteiger partial charge in [-0.3, -0.25) is 14.4 Å². The summed E-state index contributed by atoms with van der Waals surface area (Å²) < 4.78 is 0. The van der Waals surface area contributed by atoms with Crippen molar-refractivity contribution in [3.63, 3.8) is 0 Å². The third kappa shape index (κ3) is 4.13. The highest BCUT2D eigenvalue weighted by atomic mass is 16.4. The number of nitrogens with zero attached hydrogens (tertiary/aromatic N) is 1. The number of carbonyl (C=O) groups excluding carboxylic acids is 2. The van der Waals surface area contributed by atoms with Gasteiger partial charge >= 0.3 is 5.97 Å². The molecular formula is C24H25NO5. The molecule has 2 aromatic carbocycles. The first-order valence-electron chi connectivity index (χ1n) is 9.87. The van der Waals surface area contributed by atoms with Crippen LogP contribution in [-0.2, 0) is 14.4 Å². The number of carboxylic acids is 1. The Hall–Kier alpha value is -3.41. The molecule has 1 unspecified atom stereocenters. The number of carbonyl (C=O) groups is 3. The first kappa shape index (κ1) is 21.3. The molecule has 2 N–H and O–H groups in total. The second-order valence-corrected chi connectivity index (χ2v) is 7.82. The standard InChI is InChI=1S/C24H25NO5/c1-14(2)16-8-10-17(11-9-16)21-20(22(28)18-6-4-15(3)5-7-18)23(29)24(30)25(21)13-12-19(26)27/h4-11,14,21,28H,12-13H2,1-3H3,(H,26,27)/b22-20-. The van der Waals surface area contributed by atoms with E-state index in [-0.39, 0.29) is 24.3 Å². The van der Waals surface area contributed by atoms with Gasteiger partial charge in [0.25, 0.3) is 11.7 Å². The molecule has 2 aromatic rings. The summed E-state index contributed by atoms with van der Waals surface area (Å²) in [4.78, 5) is 37.9. The van der Waals surface area contributed by atoms with E-state index in [1.54, 1.807) is 12.1 Å². The number of carboxylic acid groups (broad SMARTS) is 1. The molecule has 1 heterocycles. The molecule has 1 saturated heterocycles. The van der Waals surface area contributed by atoms with Gasteiger partial charge in [-0.2, -0.15) is 0 Å². The topological polar surface area (TPSA) is 94.9 Å². The molecule has 0 aromatic heterocycles. The first-order valence-corrected chi connectivity index (χ1v) is 9.87. The number of amides is 1. The Balaban J connectivity index is 2.13. The molecule has 30 heavy (non-hydrogen) atoms. The monoisotopic (exact) mass is 407 g/mol. The highest BCUT2D eigenvalue weighted by molar-refractivity contribution is 6.46. The average molecular weight is 407 g/mol. The number of aryl methyl sites for hydroxylation is 1. The Morgan fingerprint density at radius 2 is 1.60 bits per heavy atom. The van der Waals surface area contributed by atoms with Crippen molar-refractivity contribution < 1.29 is 24.6 Å². The smallest absolute Gasteiger partial charge is 0.305 e. The van der Waals surface area contributed by atoms with Crippen LogP contribution in [-0.4, -0.2) is 39.3 Å². The molecule has 0 bridgehead atoms. The molecule has 1 amide bonds. The molecule has 6 nitrogen and oxygen atoms in total. The largest absolute Gasteiger partial charge is 0.507 e. The van der Waals surface area contributed by atoms with E-state index in [0.717, 1.165) is 11.1 Å². The highest BCUT2D eigenvalue weighted by Crippen LogP contribution is 2.39. The normalized spacial score (nSPS) is 18.3. The van der Waals surface area contributed by atoms with E-state index >= 15 is 0 Å².